The van der Waals surface area contributed by atoms with Gasteiger partial charge in [-0.25, -0.2) is 4.98 Å². The first-order valence-electron chi connectivity index (χ1n) is 8.06. The summed E-state index contributed by atoms with van der Waals surface area (Å²) in [5.74, 6) is 0. The molecule has 121 valence electrons. The normalized spacial score (nSPS) is 10.8. The summed E-state index contributed by atoms with van der Waals surface area (Å²) in [7, 11) is 2.25. The Kier molecular flexibility index (Phi) is 5.03. The Morgan fingerprint density at radius 3 is 2.08 bits per heavy atom. The van der Waals surface area contributed by atoms with Crippen molar-refractivity contribution in [2.24, 2.45) is 0 Å². The maximum absolute atomic E-state index is 4.93. The third-order valence-electron chi connectivity index (χ3n) is 3.95. The van der Waals surface area contributed by atoms with Crippen molar-refractivity contribution in [1.29, 1.82) is 0 Å². The number of hydrogen-bond donors (Lipinski definition) is 0. The van der Waals surface area contributed by atoms with Crippen molar-refractivity contribution in [3.8, 4) is 0 Å². The third-order valence-corrected chi connectivity index (χ3v) is 5.50. The second-order valence-corrected chi connectivity index (χ2v) is 7.42. The molecule has 4 rings (SSSR count). The van der Waals surface area contributed by atoms with Gasteiger partial charge >= 0.3 is 0 Å². The Bertz CT molecular complexity index is 933. The van der Waals surface area contributed by atoms with Gasteiger partial charge in [-0.05, 0) is 34.7 Å². The smallest absolute Gasteiger partial charge is 0.195 e. The molecule has 0 N–H and O–H groups in total. The molecule has 0 aliphatic rings. The molecule has 3 aromatic carbocycles. The maximum Gasteiger partial charge on any atom is 0.195 e. The van der Waals surface area contributed by atoms with Gasteiger partial charge in [-0.15, -0.1) is 0 Å². The molecular weight excluding hydrogens is 438 g/mol. The average Bonchev–Trinajstić information content (AvgIpc) is 3.09. The van der Waals surface area contributed by atoms with Crippen LogP contribution in [0.15, 0.2) is 78.9 Å². The van der Waals surface area contributed by atoms with Crippen LogP contribution in [0.25, 0.3) is 10.2 Å². The van der Waals surface area contributed by atoms with Crippen molar-refractivity contribution in [3.05, 3.63) is 78.9 Å². The molecule has 0 aliphatic carbocycles. The Hall–Kier alpha value is -1.86. The summed E-state index contributed by atoms with van der Waals surface area (Å²) in [5, 5.41) is 0.988. The van der Waals surface area contributed by atoms with Crippen molar-refractivity contribution < 1.29 is 0 Å². The number of anilines is 3. The molecule has 0 saturated heterocycles. The van der Waals surface area contributed by atoms with E-state index in [-0.39, 0.29) is 0 Å². The average molecular weight is 453 g/mol. The molecule has 0 unspecified atom stereocenters. The Morgan fingerprint density at radius 1 is 0.840 bits per heavy atom. The zero-order valence-electron chi connectivity index (χ0n) is 13.5. The standard InChI is InChI=1S/C20H15BIN2S/c22-14-21-17-12-7-13-18-19(17)25-20(23-18)24(15-8-3-1-4-9-15)16-10-5-2-6-11-16/h1-13H,14H2. The van der Waals surface area contributed by atoms with Gasteiger partial charge < -0.3 is 0 Å². The SMILES string of the molecule is IC[B]c1cccc2nc(N(c3ccccc3)c3ccccc3)sc12. The molecule has 0 amide bonds. The minimum absolute atomic E-state index is 0.988. The minimum atomic E-state index is 0.988. The van der Waals surface area contributed by atoms with E-state index in [4.69, 9.17) is 4.98 Å². The monoisotopic (exact) mass is 453 g/mol. The van der Waals surface area contributed by atoms with Crippen LogP contribution in [0.3, 0.4) is 0 Å². The summed E-state index contributed by atoms with van der Waals surface area (Å²) in [6.45, 7) is 0. The molecule has 5 heteroatoms. The molecule has 0 saturated carbocycles. The number of fused-ring (bicyclic) bond motifs is 1. The molecular formula is C20H15BIN2S. The van der Waals surface area contributed by atoms with Crippen molar-refractivity contribution in [1.82, 2.24) is 4.98 Å². The van der Waals surface area contributed by atoms with Gasteiger partial charge in [-0.3, -0.25) is 4.90 Å². The van der Waals surface area contributed by atoms with E-state index >= 15 is 0 Å². The van der Waals surface area contributed by atoms with Crippen molar-refractivity contribution in [2.75, 3.05) is 9.23 Å². The van der Waals surface area contributed by atoms with Crippen LogP contribution in [0.1, 0.15) is 0 Å². The zero-order chi connectivity index (χ0) is 17.1. The van der Waals surface area contributed by atoms with Crippen LogP contribution in [-0.2, 0) is 0 Å². The number of alkyl halides is 1. The highest BCUT2D eigenvalue weighted by Crippen LogP contribution is 2.38. The molecule has 0 bridgehead atoms. The number of rotatable bonds is 5. The van der Waals surface area contributed by atoms with Crippen LogP contribution < -0.4 is 10.4 Å². The van der Waals surface area contributed by atoms with E-state index in [9.17, 15) is 0 Å². The first-order chi connectivity index (χ1) is 12.4. The van der Waals surface area contributed by atoms with E-state index in [1.807, 2.05) is 12.1 Å². The molecule has 0 spiro atoms. The summed E-state index contributed by atoms with van der Waals surface area (Å²) in [6, 6.07) is 27.2. The van der Waals surface area contributed by atoms with Crippen LogP contribution in [0, 0.1) is 0 Å². The molecule has 25 heavy (non-hydrogen) atoms. The lowest BCUT2D eigenvalue weighted by atomic mass is 9.73. The lowest BCUT2D eigenvalue weighted by Gasteiger charge is -2.22. The first-order valence-corrected chi connectivity index (χ1v) is 10.4. The Labute approximate surface area is 165 Å². The number of para-hydroxylation sites is 2. The number of aromatic nitrogens is 1. The molecule has 1 heterocycles. The maximum atomic E-state index is 4.93. The van der Waals surface area contributed by atoms with Gasteiger partial charge in [0.1, 0.15) is 0 Å². The summed E-state index contributed by atoms with van der Waals surface area (Å²) in [6.07, 6.45) is 0. The lowest BCUT2D eigenvalue weighted by molar-refractivity contribution is 1.25. The summed E-state index contributed by atoms with van der Waals surface area (Å²) in [4.78, 5) is 7.15. The Balaban J connectivity index is 1.88. The van der Waals surface area contributed by atoms with Crippen molar-refractivity contribution in [3.63, 3.8) is 0 Å². The van der Waals surface area contributed by atoms with Crippen LogP contribution in [-0.4, -0.2) is 16.6 Å². The van der Waals surface area contributed by atoms with Crippen molar-refractivity contribution in [2.45, 2.75) is 0 Å². The van der Waals surface area contributed by atoms with E-state index < -0.39 is 0 Å². The lowest BCUT2D eigenvalue weighted by Crippen LogP contribution is -2.14. The summed E-state index contributed by atoms with van der Waals surface area (Å²) >= 11 is 4.12. The van der Waals surface area contributed by atoms with Gasteiger partial charge in [0.25, 0.3) is 0 Å². The molecule has 1 aromatic heterocycles. The van der Waals surface area contributed by atoms with E-state index in [1.165, 1.54) is 10.2 Å². The number of thiazole rings is 1. The molecule has 1 radical (unpaired) electrons. The largest absolute Gasteiger partial charge is 0.286 e. The van der Waals surface area contributed by atoms with Gasteiger partial charge in [-0.1, -0.05) is 87.9 Å². The third kappa shape index (κ3) is 3.44. The highest BCUT2D eigenvalue weighted by atomic mass is 127. The fourth-order valence-corrected chi connectivity index (χ4v) is 4.41. The number of nitrogens with zero attached hydrogens (tertiary/aromatic N) is 2. The van der Waals surface area contributed by atoms with Gasteiger partial charge in [0.15, 0.2) is 12.4 Å². The van der Waals surface area contributed by atoms with E-state index in [1.54, 1.807) is 11.3 Å². The fraction of sp³-hybridized carbons (Fsp3) is 0.0500. The van der Waals surface area contributed by atoms with Gasteiger partial charge in [0.05, 0.1) is 10.2 Å². The van der Waals surface area contributed by atoms with E-state index in [0.29, 0.717) is 0 Å². The van der Waals surface area contributed by atoms with Crippen LogP contribution in [0.5, 0.6) is 0 Å². The van der Waals surface area contributed by atoms with Gasteiger partial charge in [-0.2, -0.15) is 0 Å². The second kappa shape index (κ2) is 7.58. The van der Waals surface area contributed by atoms with Gasteiger partial charge in [0.2, 0.25) is 0 Å². The summed E-state index contributed by atoms with van der Waals surface area (Å²) in [5.41, 5.74) is 4.55. The van der Waals surface area contributed by atoms with E-state index in [2.05, 4.69) is 102 Å². The molecule has 0 atom stereocenters. The second-order valence-electron chi connectivity index (χ2n) is 5.56. The Morgan fingerprint density at radius 2 is 1.48 bits per heavy atom. The molecule has 2 nitrogen and oxygen atoms in total. The minimum Gasteiger partial charge on any atom is -0.286 e. The van der Waals surface area contributed by atoms with Crippen molar-refractivity contribution >= 4 is 73.4 Å². The van der Waals surface area contributed by atoms with Crippen LogP contribution in [0.2, 0.25) is 0 Å². The number of halogens is 1. The van der Waals surface area contributed by atoms with Gasteiger partial charge in [0, 0.05) is 11.4 Å². The van der Waals surface area contributed by atoms with E-state index in [0.717, 1.165) is 26.3 Å². The predicted octanol–water partition coefficient (Wildman–Crippen LogP) is 5.49. The molecule has 4 aromatic rings. The summed E-state index contributed by atoms with van der Waals surface area (Å²) < 4.78 is 2.23. The predicted molar refractivity (Wildman–Crippen MR) is 119 cm³/mol. The molecule has 0 fully saturated rings. The fourth-order valence-electron chi connectivity index (χ4n) is 2.82. The highest BCUT2D eigenvalue weighted by molar-refractivity contribution is 14.1. The highest BCUT2D eigenvalue weighted by Gasteiger charge is 2.17. The zero-order valence-corrected chi connectivity index (χ0v) is 16.4. The quantitative estimate of drug-likeness (QED) is 0.226. The van der Waals surface area contributed by atoms with Crippen LogP contribution >= 0.6 is 33.9 Å². The van der Waals surface area contributed by atoms with Crippen LogP contribution in [0.4, 0.5) is 16.5 Å². The number of benzene rings is 3. The first kappa shape index (κ1) is 16.6. The molecule has 0 aliphatic heterocycles. The number of hydrogen-bond acceptors (Lipinski definition) is 3. The topological polar surface area (TPSA) is 16.1 Å².